The number of hydrogen-bond donors (Lipinski definition) is 2. The van der Waals surface area contributed by atoms with E-state index in [1.54, 1.807) is 6.07 Å². The van der Waals surface area contributed by atoms with Gasteiger partial charge < -0.3 is 10.8 Å². The zero-order valence-electron chi connectivity index (χ0n) is 9.69. The Morgan fingerprint density at radius 2 is 1.93 bits per heavy atom. The molecule has 84 valence electrons. The van der Waals surface area contributed by atoms with E-state index in [1.807, 2.05) is 27.7 Å². The van der Waals surface area contributed by atoms with Gasteiger partial charge in [-0.3, -0.25) is 0 Å². The Hall–Kier alpha value is -0.730. The van der Waals surface area contributed by atoms with Crippen molar-refractivity contribution in [2.24, 2.45) is 5.73 Å². The van der Waals surface area contributed by atoms with Gasteiger partial charge in [-0.1, -0.05) is 11.6 Å². The van der Waals surface area contributed by atoms with Crippen molar-refractivity contribution in [1.29, 1.82) is 0 Å². The molecule has 0 aliphatic heterocycles. The van der Waals surface area contributed by atoms with Gasteiger partial charge in [-0.25, -0.2) is 0 Å². The number of rotatable bonds is 2. The van der Waals surface area contributed by atoms with Gasteiger partial charge in [0.05, 0.1) is 5.02 Å². The van der Waals surface area contributed by atoms with Crippen LogP contribution in [0.2, 0.25) is 5.02 Å². The van der Waals surface area contributed by atoms with Crippen LogP contribution in [0.25, 0.3) is 0 Å². The summed E-state index contributed by atoms with van der Waals surface area (Å²) in [6.45, 7) is 7.83. The highest BCUT2D eigenvalue weighted by atomic mass is 35.5. The van der Waals surface area contributed by atoms with Crippen molar-refractivity contribution < 1.29 is 5.11 Å². The molecule has 3 N–H and O–H groups in total. The summed E-state index contributed by atoms with van der Waals surface area (Å²) in [5.74, 6) is 0.144. The highest BCUT2D eigenvalue weighted by Gasteiger charge is 2.17. The van der Waals surface area contributed by atoms with Crippen LogP contribution < -0.4 is 5.73 Å². The van der Waals surface area contributed by atoms with Crippen molar-refractivity contribution in [3.05, 3.63) is 27.8 Å². The number of hydrogen-bond acceptors (Lipinski definition) is 2. The van der Waals surface area contributed by atoms with E-state index in [2.05, 4.69) is 0 Å². The Kier molecular flexibility index (Phi) is 3.31. The lowest BCUT2D eigenvalue weighted by Crippen LogP contribution is -2.35. The molecule has 0 aliphatic rings. The molecule has 15 heavy (non-hydrogen) atoms. The quantitative estimate of drug-likeness (QED) is 0.816. The lowest BCUT2D eigenvalue weighted by atomic mass is 9.90. The topological polar surface area (TPSA) is 46.2 Å². The molecule has 2 nitrogen and oxygen atoms in total. The molecule has 1 aromatic carbocycles. The molecule has 0 aliphatic carbocycles. The van der Waals surface area contributed by atoms with Crippen LogP contribution in [0.4, 0.5) is 0 Å². The molecular weight excluding hydrogens is 210 g/mol. The van der Waals surface area contributed by atoms with Gasteiger partial charge in [0.15, 0.2) is 0 Å². The van der Waals surface area contributed by atoms with Gasteiger partial charge in [0.2, 0.25) is 0 Å². The number of halogens is 1. The smallest absolute Gasteiger partial charge is 0.134 e. The Balaban J connectivity index is 3.24. The van der Waals surface area contributed by atoms with Crippen molar-refractivity contribution in [2.75, 3.05) is 0 Å². The third kappa shape index (κ3) is 2.86. The lowest BCUT2D eigenvalue weighted by Gasteiger charge is -2.22. The molecule has 1 rings (SSSR count). The minimum absolute atomic E-state index is 0.144. The van der Waals surface area contributed by atoms with Crippen LogP contribution in [0.3, 0.4) is 0 Å². The molecular formula is C12H18ClNO. The van der Waals surface area contributed by atoms with Crippen molar-refractivity contribution in [2.45, 2.75) is 39.7 Å². The van der Waals surface area contributed by atoms with Crippen LogP contribution in [0.15, 0.2) is 6.07 Å². The number of phenols is 1. The van der Waals surface area contributed by atoms with Crippen LogP contribution in [0, 0.1) is 13.8 Å². The van der Waals surface area contributed by atoms with Gasteiger partial charge >= 0.3 is 0 Å². The van der Waals surface area contributed by atoms with Crippen LogP contribution in [0.1, 0.15) is 30.5 Å². The molecule has 0 saturated carbocycles. The van der Waals surface area contributed by atoms with E-state index in [0.29, 0.717) is 5.02 Å². The highest BCUT2D eigenvalue weighted by Crippen LogP contribution is 2.33. The van der Waals surface area contributed by atoms with Crippen LogP contribution >= 0.6 is 11.6 Å². The predicted octanol–water partition coefficient (Wildman–Crippen LogP) is 2.94. The molecule has 0 aromatic heterocycles. The van der Waals surface area contributed by atoms with Crippen LogP contribution in [0.5, 0.6) is 5.75 Å². The van der Waals surface area contributed by atoms with Gasteiger partial charge in [-0.05, 0) is 56.9 Å². The molecule has 0 atom stereocenters. The zero-order chi connectivity index (χ0) is 11.8. The second-order valence-electron chi connectivity index (χ2n) is 4.80. The summed E-state index contributed by atoms with van der Waals surface area (Å²) in [6, 6.07) is 1.69. The largest absolute Gasteiger partial charge is 0.506 e. The molecule has 0 spiro atoms. The van der Waals surface area contributed by atoms with Crippen molar-refractivity contribution in [3.8, 4) is 5.75 Å². The van der Waals surface area contributed by atoms with Gasteiger partial charge in [-0.2, -0.15) is 0 Å². The Bertz CT molecular complexity index is 380. The van der Waals surface area contributed by atoms with Crippen LogP contribution in [-0.4, -0.2) is 10.6 Å². The van der Waals surface area contributed by atoms with E-state index >= 15 is 0 Å². The Morgan fingerprint density at radius 1 is 1.40 bits per heavy atom. The molecule has 3 heteroatoms. The average Bonchev–Trinajstić information content (AvgIpc) is 2.07. The highest BCUT2D eigenvalue weighted by molar-refractivity contribution is 6.32. The molecule has 0 amide bonds. The molecule has 0 saturated heterocycles. The van der Waals surface area contributed by atoms with E-state index in [-0.39, 0.29) is 11.3 Å². The summed E-state index contributed by atoms with van der Waals surface area (Å²) in [5.41, 5.74) is 8.81. The van der Waals surface area contributed by atoms with E-state index < -0.39 is 0 Å². The van der Waals surface area contributed by atoms with E-state index in [4.69, 9.17) is 17.3 Å². The zero-order valence-corrected chi connectivity index (χ0v) is 10.4. The maximum Gasteiger partial charge on any atom is 0.134 e. The first-order chi connectivity index (χ1) is 6.72. The average molecular weight is 228 g/mol. The van der Waals surface area contributed by atoms with Gasteiger partial charge in [0, 0.05) is 5.54 Å². The second-order valence-corrected chi connectivity index (χ2v) is 5.17. The summed E-state index contributed by atoms with van der Waals surface area (Å²) < 4.78 is 0. The second kappa shape index (κ2) is 4.03. The molecule has 0 unspecified atom stereocenters. The van der Waals surface area contributed by atoms with Gasteiger partial charge in [0.1, 0.15) is 5.75 Å². The van der Waals surface area contributed by atoms with Crippen molar-refractivity contribution >= 4 is 11.6 Å². The summed E-state index contributed by atoms with van der Waals surface area (Å²) in [5, 5.41) is 9.97. The van der Waals surface area contributed by atoms with Gasteiger partial charge in [-0.15, -0.1) is 0 Å². The number of aromatic hydroxyl groups is 1. The summed E-state index contributed by atoms with van der Waals surface area (Å²) >= 11 is 5.99. The molecule has 0 fully saturated rings. The first-order valence-corrected chi connectivity index (χ1v) is 5.36. The summed E-state index contributed by atoms with van der Waals surface area (Å²) in [7, 11) is 0. The fraction of sp³-hybridized carbons (Fsp3) is 0.500. The maximum atomic E-state index is 9.54. The SMILES string of the molecule is Cc1cc(O)c(Cl)c(C)c1CC(C)(C)N. The van der Waals surface area contributed by atoms with Crippen molar-refractivity contribution in [3.63, 3.8) is 0 Å². The third-order valence-electron chi connectivity index (χ3n) is 2.47. The Morgan fingerprint density at radius 3 is 2.40 bits per heavy atom. The monoisotopic (exact) mass is 227 g/mol. The molecule has 0 bridgehead atoms. The predicted molar refractivity (Wildman–Crippen MR) is 64.6 cm³/mol. The number of nitrogens with two attached hydrogens (primary N) is 1. The minimum atomic E-state index is -0.268. The lowest BCUT2D eigenvalue weighted by molar-refractivity contribution is 0.472. The fourth-order valence-corrected chi connectivity index (χ4v) is 1.87. The molecule has 1 aromatic rings. The normalized spacial score (nSPS) is 11.9. The standard InChI is InChI=1S/C12H18ClNO/c1-7-5-10(15)11(13)8(2)9(7)6-12(3,4)14/h5,15H,6,14H2,1-4H3. The van der Waals surface area contributed by atoms with Crippen LogP contribution in [-0.2, 0) is 6.42 Å². The maximum absolute atomic E-state index is 9.54. The minimum Gasteiger partial charge on any atom is -0.506 e. The van der Waals surface area contributed by atoms with Crippen molar-refractivity contribution in [1.82, 2.24) is 0 Å². The van der Waals surface area contributed by atoms with Gasteiger partial charge in [0.25, 0.3) is 0 Å². The van der Waals surface area contributed by atoms with E-state index in [1.165, 1.54) is 0 Å². The number of aryl methyl sites for hydroxylation is 1. The Labute approximate surface area is 96.1 Å². The van der Waals surface area contributed by atoms with E-state index in [9.17, 15) is 5.11 Å². The van der Waals surface area contributed by atoms with E-state index in [0.717, 1.165) is 23.1 Å². The summed E-state index contributed by atoms with van der Waals surface area (Å²) in [6.07, 6.45) is 0.755. The third-order valence-corrected chi connectivity index (χ3v) is 2.95. The number of phenolic OH excluding ortho intramolecular Hbond substituents is 1. The first-order valence-electron chi connectivity index (χ1n) is 4.99. The number of benzene rings is 1. The summed E-state index contributed by atoms with van der Waals surface area (Å²) in [4.78, 5) is 0. The fourth-order valence-electron chi connectivity index (χ4n) is 1.70. The first kappa shape index (κ1) is 12.3. The molecule has 0 radical (unpaired) electrons. The molecule has 0 heterocycles.